The maximum absolute atomic E-state index is 12.0. The smallest absolute Gasteiger partial charge is 0.242 e. The summed E-state index contributed by atoms with van der Waals surface area (Å²) in [6, 6.07) is 7.45. The third-order valence-corrected chi connectivity index (χ3v) is 3.21. The van der Waals surface area contributed by atoms with Gasteiger partial charge in [-0.15, -0.1) is 0 Å². The third-order valence-electron chi connectivity index (χ3n) is 3.21. The van der Waals surface area contributed by atoms with Crippen molar-refractivity contribution >= 4 is 11.6 Å². The lowest BCUT2D eigenvalue weighted by Crippen LogP contribution is -2.39. The quantitative estimate of drug-likeness (QED) is 0.771. The molecule has 118 valence electrons. The van der Waals surface area contributed by atoms with Gasteiger partial charge >= 0.3 is 0 Å². The van der Waals surface area contributed by atoms with E-state index in [-0.39, 0.29) is 18.1 Å². The van der Waals surface area contributed by atoms with E-state index in [1.165, 1.54) is 0 Å². The van der Waals surface area contributed by atoms with Crippen LogP contribution in [0.2, 0.25) is 0 Å². The van der Waals surface area contributed by atoms with Gasteiger partial charge < -0.3 is 15.4 Å². The number of hydrogen-bond acceptors (Lipinski definition) is 3. The highest BCUT2D eigenvalue weighted by atomic mass is 16.5. The van der Waals surface area contributed by atoms with E-state index >= 15 is 0 Å². The molecule has 4 heteroatoms. The first kappa shape index (κ1) is 17.3. The van der Waals surface area contributed by atoms with Gasteiger partial charge in [-0.05, 0) is 38.3 Å². The van der Waals surface area contributed by atoms with Crippen LogP contribution in [-0.2, 0) is 4.79 Å². The molecule has 1 amide bonds. The molecular formula is C17H28N2O2. The summed E-state index contributed by atoms with van der Waals surface area (Å²) in [7, 11) is 0. The first-order chi connectivity index (χ1) is 9.92. The maximum Gasteiger partial charge on any atom is 0.242 e. The molecule has 0 aliphatic carbocycles. The molecule has 0 fully saturated rings. The Balaban J connectivity index is 2.57. The molecule has 21 heavy (non-hydrogen) atoms. The number of rotatable bonds is 8. The Hall–Kier alpha value is -1.71. The molecule has 0 aliphatic heterocycles. The Kier molecular flexibility index (Phi) is 7.06. The predicted octanol–water partition coefficient (Wildman–Crippen LogP) is 3.44. The number of carbonyl (C=O) groups excluding carboxylic acids is 1. The van der Waals surface area contributed by atoms with Gasteiger partial charge in [-0.3, -0.25) is 4.79 Å². The van der Waals surface area contributed by atoms with Crippen molar-refractivity contribution < 1.29 is 9.53 Å². The van der Waals surface area contributed by atoms with Crippen molar-refractivity contribution in [1.82, 2.24) is 5.32 Å². The first-order valence-electron chi connectivity index (χ1n) is 7.73. The number of amides is 1. The number of ether oxygens (including phenoxy) is 1. The van der Waals surface area contributed by atoms with Crippen molar-refractivity contribution in [3.63, 3.8) is 0 Å². The summed E-state index contributed by atoms with van der Waals surface area (Å²) in [4.78, 5) is 12.0. The minimum absolute atomic E-state index is 0.0111. The SMILES string of the molecule is CCC(C)Oc1cccc(NC(C)C(=O)NCC(C)C)c1. The molecule has 0 aromatic heterocycles. The van der Waals surface area contributed by atoms with Crippen LogP contribution in [0.15, 0.2) is 24.3 Å². The summed E-state index contributed by atoms with van der Waals surface area (Å²) < 4.78 is 5.78. The van der Waals surface area contributed by atoms with E-state index < -0.39 is 0 Å². The lowest BCUT2D eigenvalue weighted by molar-refractivity contribution is -0.121. The van der Waals surface area contributed by atoms with Crippen molar-refractivity contribution in [3.05, 3.63) is 24.3 Å². The molecule has 2 unspecified atom stereocenters. The van der Waals surface area contributed by atoms with Gasteiger partial charge in [0.05, 0.1) is 6.10 Å². The minimum Gasteiger partial charge on any atom is -0.491 e. The van der Waals surface area contributed by atoms with Crippen molar-refractivity contribution in [2.24, 2.45) is 5.92 Å². The van der Waals surface area contributed by atoms with Crippen LogP contribution >= 0.6 is 0 Å². The maximum atomic E-state index is 12.0. The Morgan fingerprint density at radius 2 is 1.95 bits per heavy atom. The lowest BCUT2D eigenvalue weighted by atomic mass is 10.2. The fraction of sp³-hybridized carbons (Fsp3) is 0.588. The van der Waals surface area contributed by atoms with Gasteiger partial charge in [0.15, 0.2) is 0 Å². The monoisotopic (exact) mass is 292 g/mol. The van der Waals surface area contributed by atoms with Crippen molar-refractivity contribution in [2.45, 2.75) is 53.2 Å². The van der Waals surface area contributed by atoms with Crippen LogP contribution in [0.25, 0.3) is 0 Å². The van der Waals surface area contributed by atoms with Crippen molar-refractivity contribution in [1.29, 1.82) is 0 Å². The van der Waals surface area contributed by atoms with Gasteiger partial charge in [-0.2, -0.15) is 0 Å². The number of benzene rings is 1. The molecule has 0 radical (unpaired) electrons. The molecule has 0 heterocycles. The number of anilines is 1. The van der Waals surface area contributed by atoms with Crippen molar-refractivity contribution in [2.75, 3.05) is 11.9 Å². The van der Waals surface area contributed by atoms with Gasteiger partial charge in [0.2, 0.25) is 5.91 Å². The number of nitrogens with one attached hydrogen (secondary N) is 2. The summed E-state index contributed by atoms with van der Waals surface area (Å²) in [5, 5.41) is 6.13. The molecule has 2 N–H and O–H groups in total. The average molecular weight is 292 g/mol. The van der Waals surface area contributed by atoms with Gasteiger partial charge in [-0.25, -0.2) is 0 Å². The highest BCUT2D eigenvalue weighted by Crippen LogP contribution is 2.19. The van der Waals surface area contributed by atoms with E-state index in [9.17, 15) is 4.79 Å². The molecule has 0 saturated carbocycles. The number of hydrogen-bond donors (Lipinski definition) is 2. The Morgan fingerprint density at radius 3 is 2.57 bits per heavy atom. The normalized spacial score (nSPS) is 13.6. The van der Waals surface area contributed by atoms with Gasteiger partial charge in [0, 0.05) is 18.3 Å². The van der Waals surface area contributed by atoms with Crippen LogP contribution in [0.3, 0.4) is 0 Å². The fourth-order valence-corrected chi connectivity index (χ4v) is 1.75. The Labute approximate surface area is 128 Å². The summed E-state index contributed by atoms with van der Waals surface area (Å²) in [5.41, 5.74) is 0.892. The highest BCUT2D eigenvalue weighted by Gasteiger charge is 2.13. The fourth-order valence-electron chi connectivity index (χ4n) is 1.75. The van der Waals surface area contributed by atoms with Gasteiger partial charge in [-0.1, -0.05) is 26.8 Å². The summed E-state index contributed by atoms with van der Waals surface area (Å²) in [5.74, 6) is 1.29. The zero-order valence-electron chi connectivity index (χ0n) is 13.8. The predicted molar refractivity (Wildman–Crippen MR) is 87.8 cm³/mol. The van der Waals surface area contributed by atoms with Crippen LogP contribution in [-0.4, -0.2) is 24.6 Å². The van der Waals surface area contributed by atoms with Crippen LogP contribution in [0.5, 0.6) is 5.75 Å². The molecule has 2 atom stereocenters. The molecule has 1 rings (SSSR count). The Bertz CT molecular complexity index is 446. The summed E-state index contributed by atoms with van der Waals surface area (Å²) >= 11 is 0. The Morgan fingerprint density at radius 1 is 1.24 bits per heavy atom. The second kappa shape index (κ2) is 8.55. The molecule has 0 spiro atoms. The van der Waals surface area contributed by atoms with Gasteiger partial charge in [0.25, 0.3) is 0 Å². The molecule has 4 nitrogen and oxygen atoms in total. The van der Waals surface area contributed by atoms with E-state index in [0.717, 1.165) is 17.9 Å². The zero-order valence-corrected chi connectivity index (χ0v) is 13.8. The van der Waals surface area contributed by atoms with E-state index in [1.54, 1.807) is 0 Å². The minimum atomic E-state index is -0.275. The summed E-state index contributed by atoms with van der Waals surface area (Å²) in [6.45, 7) is 10.8. The summed E-state index contributed by atoms with van der Waals surface area (Å²) in [6.07, 6.45) is 1.15. The van der Waals surface area contributed by atoms with Crippen molar-refractivity contribution in [3.8, 4) is 5.75 Å². The van der Waals surface area contributed by atoms with E-state index in [4.69, 9.17) is 4.74 Å². The van der Waals surface area contributed by atoms with Crippen LogP contribution < -0.4 is 15.4 Å². The topological polar surface area (TPSA) is 50.4 Å². The first-order valence-corrected chi connectivity index (χ1v) is 7.73. The molecule has 0 aliphatic rings. The second-order valence-electron chi connectivity index (χ2n) is 5.87. The molecule has 0 saturated heterocycles. The average Bonchev–Trinajstić information content (AvgIpc) is 2.44. The molecule has 1 aromatic carbocycles. The lowest BCUT2D eigenvalue weighted by Gasteiger charge is -2.18. The second-order valence-corrected chi connectivity index (χ2v) is 5.87. The zero-order chi connectivity index (χ0) is 15.8. The van der Waals surface area contributed by atoms with Gasteiger partial charge in [0.1, 0.15) is 11.8 Å². The van der Waals surface area contributed by atoms with Crippen LogP contribution in [0.1, 0.15) is 41.0 Å². The van der Waals surface area contributed by atoms with E-state index in [0.29, 0.717) is 12.5 Å². The standard InChI is InChI=1S/C17H28N2O2/c1-6-13(4)21-16-9-7-8-15(10-16)19-14(5)17(20)18-11-12(2)3/h7-10,12-14,19H,6,11H2,1-5H3,(H,18,20). The molecular weight excluding hydrogens is 264 g/mol. The molecule has 1 aromatic rings. The van der Waals surface area contributed by atoms with Crippen LogP contribution in [0.4, 0.5) is 5.69 Å². The highest BCUT2D eigenvalue weighted by molar-refractivity contribution is 5.84. The van der Waals surface area contributed by atoms with E-state index in [1.807, 2.05) is 38.1 Å². The largest absolute Gasteiger partial charge is 0.491 e. The third kappa shape index (κ3) is 6.52. The van der Waals surface area contributed by atoms with Crippen LogP contribution in [0, 0.1) is 5.92 Å². The molecule has 0 bridgehead atoms. The van der Waals surface area contributed by atoms with E-state index in [2.05, 4.69) is 31.4 Å². The number of carbonyl (C=O) groups is 1.